The number of Topliss-reactive ketones (excluding diaryl/α,β-unsaturated/α-hetero) is 1. The number of aliphatic hydroxyl groups is 2. The Hall–Kier alpha value is -0.410. The zero-order valence-electron chi connectivity index (χ0n) is 20.1. The van der Waals surface area contributed by atoms with Gasteiger partial charge in [-0.2, -0.15) is 0 Å². The van der Waals surface area contributed by atoms with Crippen LogP contribution in [0.2, 0.25) is 0 Å². The summed E-state index contributed by atoms with van der Waals surface area (Å²) < 4.78 is 0. The maximum Gasteiger partial charge on any atom is 0.129 e. The maximum absolute atomic E-state index is 11.7. The fourth-order valence-corrected chi connectivity index (χ4v) is 9.56. The molecule has 4 saturated carbocycles. The SMILES string of the molecule is CC[C@H]1C(O)C2C3CC[C@H]([C@H](C)CCC(C)=O)[C@@]3(C)CCC2[C@@]2(C)CC[C@@H](O)C[C@@H]12. The molecule has 0 radical (unpaired) electrons. The summed E-state index contributed by atoms with van der Waals surface area (Å²) in [5.41, 5.74) is 0.595. The molecule has 172 valence electrons. The minimum atomic E-state index is -0.209. The van der Waals surface area contributed by atoms with E-state index in [-0.39, 0.29) is 17.6 Å². The van der Waals surface area contributed by atoms with Crippen molar-refractivity contribution >= 4 is 5.78 Å². The van der Waals surface area contributed by atoms with Crippen LogP contribution in [0.15, 0.2) is 0 Å². The Morgan fingerprint density at radius 1 is 1.00 bits per heavy atom. The molecule has 0 aromatic heterocycles. The first-order valence-electron chi connectivity index (χ1n) is 13.0. The third kappa shape index (κ3) is 3.41. The van der Waals surface area contributed by atoms with Crippen LogP contribution in [-0.2, 0) is 4.79 Å². The summed E-state index contributed by atoms with van der Waals surface area (Å²) in [7, 11) is 0. The van der Waals surface area contributed by atoms with Gasteiger partial charge in [0.2, 0.25) is 0 Å². The molecule has 3 nitrogen and oxygen atoms in total. The number of fused-ring (bicyclic) bond motifs is 5. The highest BCUT2D eigenvalue weighted by Crippen LogP contribution is 2.69. The molecular formula is C27H46O3. The molecule has 0 aromatic carbocycles. The molecule has 0 amide bonds. The van der Waals surface area contributed by atoms with Gasteiger partial charge in [-0.25, -0.2) is 0 Å². The van der Waals surface area contributed by atoms with Gasteiger partial charge in [-0.05, 0) is 111 Å². The first-order valence-corrected chi connectivity index (χ1v) is 13.0. The van der Waals surface area contributed by atoms with E-state index >= 15 is 0 Å². The van der Waals surface area contributed by atoms with Crippen molar-refractivity contribution in [2.45, 2.75) is 111 Å². The quantitative estimate of drug-likeness (QED) is 0.609. The van der Waals surface area contributed by atoms with Crippen molar-refractivity contribution in [3.8, 4) is 0 Å². The first kappa shape index (κ1) is 22.8. The maximum atomic E-state index is 11.7. The Morgan fingerprint density at radius 3 is 2.33 bits per heavy atom. The van der Waals surface area contributed by atoms with Crippen molar-refractivity contribution in [3.05, 3.63) is 0 Å². The molecule has 0 saturated heterocycles. The van der Waals surface area contributed by atoms with Crippen molar-refractivity contribution in [2.24, 2.45) is 52.3 Å². The molecule has 4 rings (SSSR count). The van der Waals surface area contributed by atoms with E-state index in [9.17, 15) is 15.0 Å². The molecule has 3 heteroatoms. The van der Waals surface area contributed by atoms with E-state index < -0.39 is 0 Å². The van der Waals surface area contributed by atoms with Gasteiger partial charge < -0.3 is 15.0 Å². The second-order valence-corrected chi connectivity index (χ2v) is 12.3. The first-order chi connectivity index (χ1) is 14.1. The Morgan fingerprint density at radius 2 is 1.67 bits per heavy atom. The van der Waals surface area contributed by atoms with E-state index in [1.54, 1.807) is 6.92 Å². The highest BCUT2D eigenvalue weighted by molar-refractivity contribution is 5.75. The van der Waals surface area contributed by atoms with E-state index in [1.807, 2.05) is 0 Å². The predicted octanol–water partition coefficient (Wildman–Crippen LogP) is 5.62. The minimum Gasteiger partial charge on any atom is -0.393 e. The summed E-state index contributed by atoms with van der Waals surface area (Å²) in [5.74, 6) is 4.06. The molecule has 4 aliphatic carbocycles. The van der Waals surface area contributed by atoms with Crippen molar-refractivity contribution in [1.29, 1.82) is 0 Å². The molecular weight excluding hydrogens is 372 g/mol. The summed E-state index contributed by atoms with van der Waals surface area (Å²) in [4.78, 5) is 11.6. The van der Waals surface area contributed by atoms with Crippen molar-refractivity contribution < 1.29 is 15.0 Å². The van der Waals surface area contributed by atoms with Crippen molar-refractivity contribution in [1.82, 2.24) is 0 Å². The van der Waals surface area contributed by atoms with Crippen LogP contribution in [0.4, 0.5) is 0 Å². The molecule has 4 fully saturated rings. The van der Waals surface area contributed by atoms with Crippen LogP contribution in [-0.4, -0.2) is 28.2 Å². The number of carbonyl (C=O) groups is 1. The topological polar surface area (TPSA) is 57.5 Å². The molecule has 11 atom stereocenters. The summed E-state index contributed by atoms with van der Waals surface area (Å²) in [6.45, 7) is 11.4. The third-order valence-corrected chi connectivity index (χ3v) is 11.1. The van der Waals surface area contributed by atoms with Gasteiger partial charge in [-0.3, -0.25) is 0 Å². The van der Waals surface area contributed by atoms with E-state index in [0.29, 0.717) is 59.0 Å². The predicted molar refractivity (Wildman–Crippen MR) is 121 cm³/mol. The lowest BCUT2D eigenvalue weighted by Crippen LogP contribution is -2.62. The highest BCUT2D eigenvalue weighted by atomic mass is 16.3. The molecule has 0 aliphatic heterocycles. The van der Waals surface area contributed by atoms with Gasteiger partial charge in [-0.1, -0.05) is 34.1 Å². The average Bonchev–Trinajstić information content (AvgIpc) is 3.05. The Balaban J connectivity index is 1.61. The van der Waals surface area contributed by atoms with Crippen LogP contribution < -0.4 is 0 Å². The number of carbonyl (C=O) groups excluding carboxylic acids is 1. The molecule has 2 N–H and O–H groups in total. The van der Waals surface area contributed by atoms with Crippen LogP contribution in [0, 0.1) is 52.3 Å². The van der Waals surface area contributed by atoms with E-state index in [1.165, 1.54) is 25.7 Å². The van der Waals surface area contributed by atoms with E-state index in [4.69, 9.17) is 0 Å². The second kappa shape index (κ2) is 8.18. The molecule has 4 aliphatic rings. The zero-order valence-corrected chi connectivity index (χ0v) is 20.1. The van der Waals surface area contributed by atoms with Crippen LogP contribution in [0.1, 0.15) is 98.8 Å². The fraction of sp³-hybridized carbons (Fsp3) is 0.963. The number of hydrogen-bond acceptors (Lipinski definition) is 3. The number of hydrogen-bond donors (Lipinski definition) is 2. The molecule has 30 heavy (non-hydrogen) atoms. The lowest BCUT2D eigenvalue weighted by Gasteiger charge is -2.64. The molecule has 0 heterocycles. The standard InChI is InChI=1S/C27H46O3/c1-6-19-23-15-18(29)11-13-27(23,5)22-12-14-26(4)20(16(2)7-8-17(3)28)9-10-21(26)24(22)25(19)30/h16,18-25,29-30H,6-15H2,1-5H3/t16-,18-,19-,20-,21?,22?,23+,24?,25?,26-,27-/m1/s1. The number of rotatable bonds is 5. The fourth-order valence-electron chi connectivity index (χ4n) is 9.56. The second-order valence-electron chi connectivity index (χ2n) is 12.3. The smallest absolute Gasteiger partial charge is 0.129 e. The van der Waals surface area contributed by atoms with Crippen LogP contribution >= 0.6 is 0 Å². The van der Waals surface area contributed by atoms with Crippen LogP contribution in [0.25, 0.3) is 0 Å². The van der Waals surface area contributed by atoms with Gasteiger partial charge in [0.15, 0.2) is 0 Å². The minimum absolute atomic E-state index is 0.173. The van der Waals surface area contributed by atoms with Crippen LogP contribution in [0.3, 0.4) is 0 Å². The summed E-state index contributed by atoms with van der Waals surface area (Å²) in [6, 6.07) is 0. The molecule has 0 spiro atoms. The van der Waals surface area contributed by atoms with Gasteiger partial charge in [0.25, 0.3) is 0 Å². The Bertz CT molecular complexity index is 646. The molecule has 0 aromatic rings. The lowest BCUT2D eigenvalue weighted by molar-refractivity contribution is -0.203. The van der Waals surface area contributed by atoms with Gasteiger partial charge in [0.1, 0.15) is 5.78 Å². The summed E-state index contributed by atoms with van der Waals surface area (Å²) >= 11 is 0. The van der Waals surface area contributed by atoms with E-state index in [0.717, 1.165) is 32.1 Å². The number of ketones is 1. The average molecular weight is 419 g/mol. The molecule has 0 bridgehead atoms. The van der Waals surface area contributed by atoms with E-state index in [2.05, 4.69) is 27.7 Å². The monoisotopic (exact) mass is 418 g/mol. The lowest BCUT2D eigenvalue weighted by atomic mass is 9.41. The Kier molecular flexibility index (Phi) is 6.21. The summed E-state index contributed by atoms with van der Waals surface area (Å²) in [6.07, 6.45) is 10.4. The van der Waals surface area contributed by atoms with Crippen molar-refractivity contribution in [3.63, 3.8) is 0 Å². The normalized spacial score (nSPS) is 51.6. The number of aliphatic hydroxyl groups excluding tert-OH is 2. The van der Waals surface area contributed by atoms with Crippen LogP contribution in [0.5, 0.6) is 0 Å². The van der Waals surface area contributed by atoms with Gasteiger partial charge >= 0.3 is 0 Å². The summed E-state index contributed by atoms with van der Waals surface area (Å²) in [5, 5.41) is 22.2. The highest BCUT2D eigenvalue weighted by Gasteiger charge is 2.64. The zero-order chi connectivity index (χ0) is 21.8. The largest absolute Gasteiger partial charge is 0.393 e. The van der Waals surface area contributed by atoms with Gasteiger partial charge in [0, 0.05) is 6.42 Å². The van der Waals surface area contributed by atoms with Gasteiger partial charge in [0.05, 0.1) is 12.2 Å². The van der Waals surface area contributed by atoms with Crippen molar-refractivity contribution in [2.75, 3.05) is 0 Å². The molecule has 4 unspecified atom stereocenters. The Labute approximate surface area is 184 Å². The third-order valence-electron chi connectivity index (χ3n) is 11.1. The van der Waals surface area contributed by atoms with Gasteiger partial charge in [-0.15, -0.1) is 0 Å².